The molecule has 1 saturated carbocycles. The highest BCUT2D eigenvalue weighted by Crippen LogP contribution is 2.46. The van der Waals surface area contributed by atoms with Gasteiger partial charge < -0.3 is 10.3 Å². The zero-order chi connectivity index (χ0) is 11.2. The minimum atomic E-state index is 0.165. The fraction of sp³-hybridized carbons (Fsp3) is 0.333. The van der Waals surface area contributed by atoms with Gasteiger partial charge in [0.05, 0.1) is 6.20 Å². The van der Waals surface area contributed by atoms with Crippen LogP contribution >= 0.6 is 0 Å². The Morgan fingerprint density at radius 1 is 1.38 bits per heavy atom. The van der Waals surface area contributed by atoms with Crippen molar-refractivity contribution in [2.45, 2.75) is 24.8 Å². The number of hydrogen-bond donors (Lipinski definition) is 1. The van der Waals surface area contributed by atoms with Crippen molar-refractivity contribution in [2.24, 2.45) is 5.73 Å². The summed E-state index contributed by atoms with van der Waals surface area (Å²) in [6, 6.07) is 8.54. The first kappa shape index (κ1) is 9.54. The largest absolute Gasteiger partial charge is 0.337 e. The molecule has 0 aliphatic heterocycles. The molecule has 4 nitrogen and oxygen atoms in total. The summed E-state index contributed by atoms with van der Waals surface area (Å²) in [6.45, 7) is 2.20. The molecule has 2 N–H and O–H groups in total. The van der Waals surface area contributed by atoms with Crippen LogP contribution in [0.3, 0.4) is 0 Å². The Hall–Kier alpha value is -1.68. The van der Waals surface area contributed by atoms with E-state index in [1.165, 1.54) is 5.56 Å². The minimum absolute atomic E-state index is 0.165. The van der Waals surface area contributed by atoms with Gasteiger partial charge in [0.2, 0.25) is 0 Å². The van der Waals surface area contributed by atoms with Crippen molar-refractivity contribution in [2.75, 3.05) is 0 Å². The van der Waals surface area contributed by atoms with Crippen molar-refractivity contribution in [3.63, 3.8) is 0 Å². The summed E-state index contributed by atoms with van der Waals surface area (Å²) in [7, 11) is 0. The topological polar surface area (TPSA) is 64.9 Å². The first-order valence-electron chi connectivity index (χ1n) is 5.34. The van der Waals surface area contributed by atoms with Crippen LogP contribution in [0.1, 0.15) is 18.9 Å². The van der Waals surface area contributed by atoms with Gasteiger partial charge in [0.25, 0.3) is 0 Å². The Morgan fingerprint density at radius 2 is 2.06 bits per heavy atom. The van der Waals surface area contributed by atoms with Crippen LogP contribution in [0.5, 0.6) is 0 Å². The van der Waals surface area contributed by atoms with Crippen LogP contribution < -0.4 is 5.73 Å². The molecule has 82 valence electrons. The normalized spacial score (nSPS) is 28.0. The Kier molecular flexibility index (Phi) is 1.88. The van der Waals surface area contributed by atoms with Gasteiger partial charge in [0.1, 0.15) is 0 Å². The molecule has 0 radical (unpaired) electrons. The fourth-order valence-corrected chi connectivity index (χ4v) is 2.04. The van der Waals surface area contributed by atoms with E-state index in [9.17, 15) is 0 Å². The van der Waals surface area contributed by atoms with Gasteiger partial charge in [-0.15, -0.1) is 5.10 Å². The van der Waals surface area contributed by atoms with Crippen LogP contribution in [0.15, 0.2) is 35.0 Å². The summed E-state index contributed by atoms with van der Waals surface area (Å²) >= 11 is 0. The second-order valence-electron chi connectivity index (χ2n) is 4.59. The molecule has 1 aliphatic carbocycles. The van der Waals surface area contributed by atoms with E-state index >= 15 is 0 Å². The molecule has 2 atom stereocenters. The van der Waals surface area contributed by atoms with Gasteiger partial charge in [-0.25, -0.2) is 0 Å². The van der Waals surface area contributed by atoms with E-state index in [1.54, 1.807) is 6.20 Å². The second-order valence-corrected chi connectivity index (χ2v) is 4.59. The number of hydrogen-bond acceptors (Lipinski definition) is 4. The fourth-order valence-electron chi connectivity index (χ4n) is 2.04. The zero-order valence-corrected chi connectivity index (χ0v) is 9.05. The van der Waals surface area contributed by atoms with Crippen molar-refractivity contribution in [1.82, 2.24) is 10.4 Å². The summed E-state index contributed by atoms with van der Waals surface area (Å²) in [5.41, 5.74) is 8.37. The third-order valence-corrected chi connectivity index (χ3v) is 3.49. The summed E-state index contributed by atoms with van der Waals surface area (Å²) in [4.78, 5) is 0. The molecule has 1 aromatic heterocycles. The molecule has 2 aromatic rings. The Balaban J connectivity index is 1.92. The number of rotatable bonds is 2. The van der Waals surface area contributed by atoms with Crippen molar-refractivity contribution < 1.29 is 4.52 Å². The lowest BCUT2D eigenvalue weighted by atomic mass is 9.96. The molecular weight excluding hydrogens is 202 g/mol. The first-order chi connectivity index (χ1) is 7.70. The van der Waals surface area contributed by atoms with E-state index in [2.05, 4.69) is 29.4 Å². The van der Waals surface area contributed by atoms with Crippen LogP contribution in [0, 0.1) is 0 Å². The maximum absolute atomic E-state index is 5.93. The standard InChI is InChI=1S/C12H13N3O/c1-12(6-11(12)13)9-4-2-8(3-5-9)10-7-14-15-16-10/h2-5,7,11H,6,13H2,1H3. The van der Waals surface area contributed by atoms with Crippen LogP contribution in [0.4, 0.5) is 0 Å². The molecule has 0 bridgehead atoms. The third kappa shape index (κ3) is 1.34. The van der Waals surface area contributed by atoms with Crippen LogP contribution in [-0.4, -0.2) is 16.4 Å². The Labute approximate surface area is 93.4 Å². The van der Waals surface area contributed by atoms with Crippen LogP contribution in [0.25, 0.3) is 11.3 Å². The summed E-state index contributed by atoms with van der Waals surface area (Å²) in [5, 5.41) is 7.11. The average molecular weight is 215 g/mol. The van der Waals surface area contributed by atoms with E-state index in [-0.39, 0.29) is 5.41 Å². The number of benzene rings is 1. The van der Waals surface area contributed by atoms with Gasteiger partial charge in [0, 0.05) is 22.3 Å². The van der Waals surface area contributed by atoms with Gasteiger partial charge in [-0.05, 0) is 12.0 Å². The SMILES string of the molecule is CC1(c2ccc(-c3cnno3)cc2)CC1N. The highest BCUT2D eigenvalue weighted by molar-refractivity contribution is 5.57. The molecule has 0 spiro atoms. The molecule has 1 aliphatic rings. The predicted molar refractivity (Wildman–Crippen MR) is 59.7 cm³/mol. The molecule has 0 amide bonds. The van der Waals surface area contributed by atoms with Crippen molar-refractivity contribution in [3.05, 3.63) is 36.0 Å². The number of aromatic nitrogens is 2. The predicted octanol–water partition coefficient (Wildman–Crippen LogP) is 1.73. The maximum Gasteiger partial charge on any atom is 0.187 e. The maximum atomic E-state index is 5.93. The molecule has 0 saturated heterocycles. The Morgan fingerprint density at radius 3 is 2.56 bits per heavy atom. The highest BCUT2D eigenvalue weighted by atomic mass is 16.5. The van der Waals surface area contributed by atoms with Gasteiger partial charge >= 0.3 is 0 Å². The summed E-state index contributed by atoms with van der Waals surface area (Å²) in [5.74, 6) is 0.691. The lowest BCUT2D eigenvalue weighted by Crippen LogP contribution is -2.14. The smallest absolute Gasteiger partial charge is 0.187 e. The molecule has 1 heterocycles. The van der Waals surface area contributed by atoms with Gasteiger partial charge in [-0.2, -0.15) is 0 Å². The quantitative estimate of drug-likeness (QED) is 0.828. The molecular formula is C12H13N3O. The summed E-state index contributed by atoms with van der Waals surface area (Å²) in [6.07, 6.45) is 2.68. The zero-order valence-electron chi connectivity index (χ0n) is 9.05. The molecule has 1 aromatic carbocycles. The molecule has 1 fully saturated rings. The van der Waals surface area contributed by atoms with E-state index < -0.39 is 0 Å². The van der Waals surface area contributed by atoms with Gasteiger partial charge in [0.15, 0.2) is 5.76 Å². The van der Waals surface area contributed by atoms with Crippen molar-refractivity contribution in [3.8, 4) is 11.3 Å². The van der Waals surface area contributed by atoms with Crippen LogP contribution in [-0.2, 0) is 5.41 Å². The number of nitrogens with zero attached hydrogens (tertiary/aromatic N) is 2. The molecule has 16 heavy (non-hydrogen) atoms. The molecule has 2 unspecified atom stereocenters. The molecule has 4 heteroatoms. The third-order valence-electron chi connectivity index (χ3n) is 3.49. The average Bonchev–Trinajstić information content (AvgIpc) is 2.73. The van der Waals surface area contributed by atoms with Gasteiger partial charge in [-0.1, -0.05) is 31.2 Å². The highest BCUT2D eigenvalue weighted by Gasteiger charge is 2.48. The van der Waals surface area contributed by atoms with Crippen molar-refractivity contribution in [1.29, 1.82) is 0 Å². The lowest BCUT2D eigenvalue weighted by Gasteiger charge is -2.10. The Bertz CT molecular complexity index is 491. The van der Waals surface area contributed by atoms with Crippen LogP contribution in [0.2, 0.25) is 0 Å². The van der Waals surface area contributed by atoms with E-state index in [0.717, 1.165) is 12.0 Å². The first-order valence-corrected chi connectivity index (χ1v) is 5.34. The lowest BCUT2D eigenvalue weighted by molar-refractivity contribution is 0.403. The van der Waals surface area contributed by atoms with E-state index in [0.29, 0.717) is 11.8 Å². The molecule has 3 rings (SSSR count). The van der Waals surface area contributed by atoms with Gasteiger partial charge in [-0.3, -0.25) is 0 Å². The van der Waals surface area contributed by atoms with E-state index in [1.807, 2.05) is 12.1 Å². The van der Waals surface area contributed by atoms with Crippen molar-refractivity contribution >= 4 is 0 Å². The number of nitrogens with two attached hydrogens (primary N) is 1. The monoisotopic (exact) mass is 215 g/mol. The van der Waals surface area contributed by atoms with E-state index in [4.69, 9.17) is 10.3 Å². The minimum Gasteiger partial charge on any atom is -0.337 e. The second kappa shape index (κ2) is 3.15. The summed E-state index contributed by atoms with van der Waals surface area (Å²) < 4.78 is 5.00.